The van der Waals surface area contributed by atoms with Gasteiger partial charge in [0.2, 0.25) is 0 Å². The molecule has 0 heterocycles. The number of rotatable bonds is 7. The molecule has 8 heteroatoms. The zero-order chi connectivity index (χ0) is 27.7. The van der Waals surface area contributed by atoms with Crippen LogP contribution in [0.4, 0.5) is 10.1 Å². The van der Waals surface area contributed by atoms with Gasteiger partial charge in [-0.1, -0.05) is 51.1 Å². The second kappa shape index (κ2) is 10.9. The third-order valence-corrected chi connectivity index (χ3v) is 9.37. The van der Waals surface area contributed by atoms with Gasteiger partial charge in [-0.2, -0.15) is 0 Å². The number of ether oxygens (including phenoxy) is 1. The minimum absolute atomic E-state index is 0.0168. The molecule has 0 radical (unpaired) electrons. The standard InChI is InChI=1S/C30H36FNO5S/c1-30(2,3)23-15-12-20(13-16-23)19-8-10-21(11-9-19)24-6-5-7-27(28(24)31)38(35,36)32-25-17-14-22(29(33)34)18-26(25)37-4/h5-8,10-11,14,17-20,23,32H,9,12-13,15-16H2,1-4H3,(H,33,34). The van der Waals surface area contributed by atoms with Gasteiger partial charge in [-0.15, -0.1) is 0 Å². The first kappa shape index (κ1) is 27.9. The van der Waals surface area contributed by atoms with Crippen molar-refractivity contribution in [1.29, 1.82) is 0 Å². The van der Waals surface area contributed by atoms with Crippen LogP contribution < -0.4 is 9.46 Å². The number of halogens is 1. The number of methoxy groups -OCH3 is 1. The molecule has 38 heavy (non-hydrogen) atoms. The number of allylic oxidation sites excluding steroid dienone is 4. The molecule has 4 rings (SSSR count). The van der Waals surface area contributed by atoms with E-state index in [4.69, 9.17) is 4.74 Å². The van der Waals surface area contributed by atoms with E-state index in [-0.39, 0.29) is 22.6 Å². The van der Waals surface area contributed by atoms with Crippen LogP contribution in [-0.2, 0) is 10.0 Å². The first-order valence-corrected chi connectivity index (χ1v) is 14.5. The average Bonchev–Trinajstić information content (AvgIpc) is 2.88. The van der Waals surface area contributed by atoms with Crippen molar-refractivity contribution in [2.75, 3.05) is 11.8 Å². The molecule has 2 aliphatic rings. The van der Waals surface area contributed by atoms with Crippen LogP contribution in [0.25, 0.3) is 5.57 Å². The third kappa shape index (κ3) is 5.96. The van der Waals surface area contributed by atoms with Crippen LogP contribution in [0.3, 0.4) is 0 Å². The van der Waals surface area contributed by atoms with Crippen LogP contribution in [0, 0.1) is 29.0 Å². The van der Waals surface area contributed by atoms with Gasteiger partial charge in [0.1, 0.15) is 10.6 Å². The van der Waals surface area contributed by atoms with Crippen molar-refractivity contribution in [1.82, 2.24) is 0 Å². The van der Waals surface area contributed by atoms with Crippen molar-refractivity contribution in [3.63, 3.8) is 0 Å². The number of hydrogen-bond acceptors (Lipinski definition) is 4. The average molecular weight is 542 g/mol. The van der Waals surface area contributed by atoms with E-state index >= 15 is 4.39 Å². The van der Waals surface area contributed by atoms with E-state index < -0.39 is 26.7 Å². The van der Waals surface area contributed by atoms with Crippen LogP contribution >= 0.6 is 0 Å². The SMILES string of the molecule is COc1cc(C(=O)O)ccc1NS(=O)(=O)c1cccc(C2=CCC(C3CCC(C(C)(C)C)CC3)C=C2)c1F. The van der Waals surface area contributed by atoms with Gasteiger partial charge in [0.05, 0.1) is 18.4 Å². The maximum Gasteiger partial charge on any atom is 0.335 e. The minimum Gasteiger partial charge on any atom is -0.495 e. The molecular formula is C30H36FNO5S. The van der Waals surface area contributed by atoms with E-state index in [2.05, 4.69) is 31.6 Å². The lowest BCUT2D eigenvalue weighted by Crippen LogP contribution is -2.28. The van der Waals surface area contributed by atoms with Gasteiger partial charge in [0.15, 0.2) is 5.82 Å². The summed E-state index contributed by atoms with van der Waals surface area (Å²) in [6.45, 7) is 6.95. The van der Waals surface area contributed by atoms with Crippen molar-refractivity contribution in [2.24, 2.45) is 23.2 Å². The van der Waals surface area contributed by atoms with Crippen LogP contribution in [0.5, 0.6) is 5.75 Å². The number of sulfonamides is 1. The van der Waals surface area contributed by atoms with E-state index in [0.29, 0.717) is 22.8 Å². The summed E-state index contributed by atoms with van der Waals surface area (Å²) in [5.41, 5.74) is 1.19. The lowest BCUT2D eigenvalue weighted by Gasteiger charge is -2.39. The molecule has 0 aliphatic heterocycles. The quantitative estimate of drug-likeness (QED) is 0.388. The number of nitrogens with one attached hydrogen (secondary N) is 1. The van der Waals surface area contributed by atoms with Gasteiger partial charge >= 0.3 is 5.97 Å². The Bertz CT molecular complexity index is 1370. The molecule has 2 N–H and O–H groups in total. The van der Waals surface area contributed by atoms with Crippen molar-refractivity contribution < 1.29 is 27.4 Å². The maximum absolute atomic E-state index is 15.6. The van der Waals surface area contributed by atoms with Crippen molar-refractivity contribution in [3.8, 4) is 5.75 Å². The fraction of sp³-hybridized carbons (Fsp3) is 0.433. The summed E-state index contributed by atoms with van der Waals surface area (Å²) in [5.74, 6) is -0.208. The highest BCUT2D eigenvalue weighted by molar-refractivity contribution is 7.92. The Morgan fingerprint density at radius 3 is 2.39 bits per heavy atom. The van der Waals surface area contributed by atoms with Gasteiger partial charge in [-0.25, -0.2) is 17.6 Å². The predicted molar refractivity (Wildman–Crippen MR) is 147 cm³/mol. The Hall–Kier alpha value is -3.13. The molecule has 0 aromatic heterocycles. The smallest absolute Gasteiger partial charge is 0.335 e. The first-order valence-electron chi connectivity index (χ1n) is 13.0. The summed E-state index contributed by atoms with van der Waals surface area (Å²) in [6, 6.07) is 8.05. The third-order valence-electron chi connectivity index (χ3n) is 7.99. The van der Waals surface area contributed by atoms with E-state index in [1.807, 2.05) is 12.2 Å². The molecule has 204 valence electrons. The number of aromatic carboxylic acids is 1. The van der Waals surface area contributed by atoms with Gasteiger partial charge in [-0.05, 0) is 85.1 Å². The summed E-state index contributed by atoms with van der Waals surface area (Å²) in [5, 5.41) is 9.17. The normalized spacial score (nSPS) is 22.0. The zero-order valence-electron chi connectivity index (χ0n) is 22.3. The summed E-state index contributed by atoms with van der Waals surface area (Å²) in [6.07, 6.45) is 11.8. The molecule has 1 saturated carbocycles. The second-order valence-electron chi connectivity index (χ2n) is 11.3. The molecule has 0 spiro atoms. The van der Waals surface area contributed by atoms with Crippen LogP contribution in [0.15, 0.2) is 59.5 Å². The van der Waals surface area contributed by atoms with Gasteiger partial charge in [0, 0.05) is 5.56 Å². The summed E-state index contributed by atoms with van der Waals surface area (Å²) < 4.78 is 49.4. The van der Waals surface area contributed by atoms with Crippen LogP contribution in [0.2, 0.25) is 0 Å². The number of carboxylic acids is 1. The Balaban J connectivity index is 1.50. The monoisotopic (exact) mass is 541 g/mol. The van der Waals surface area contributed by atoms with Gasteiger partial charge < -0.3 is 9.84 Å². The van der Waals surface area contributed by atoms with Crippen LogP contribution in [-0.4, -0.2) is 26.6 Å². The van der Waals surface area contributed by atoms with E-state index in [9.17, 15) is 18.3 Å². The second-order valence-corrected chi connectivity index (χ2v) is 13.0. The summed E-state index contributed by atoms with van der Waals surface area (Å²) in [7, 11) is -3.02. The number of hydrogen-bond donors (Lipinski definition) is 2. The zero-order valence-corrected chi connectivity index (χ0v) is 23.1. The molecule has 0 bridgehead atoms. The largest absolute Gasteiger partial charge is 0.495 e. The van der Waals surface area contributed by atoms with Gasteiger partial charge in [0.25, 0.3) is 10.0 Å². The minimum atomic E-state index is -4.32. The Morgan fingerprint density at radius 2 is 1.82 bits per heavy atom. The van der Waals surface area contributed by atoms with Crippen molar-refractivity contribution in [3.05, 3.63) is 71.6 Å². The molecule has 1 fully saturated rings. The molecule has 2 aromatic carbocycles. The topological polar surface area (TPSA) is 92.7 Å². The number of anilines is 1. The summed E-state index contributed by atoms with van der Waals surface area (Å²) in [4.78, 5) is 10.7. The van der Waals surface area contributed by atoms with Crippen LogP contribution in [0.1, 0.15) is 68.8 Å². The highest BCUT2D eigenvalue weighted by atomic mass is 32.2. The van der Waals surface area contributed by atoms with E-state index in [1.54, 1.807) is 6.07 Å². The lowest BCUT2D eigenvalue weighted by molar-refractivity contribution is 0.0696. The first-order chi connectivity index (χ1) is 17.9. The van der Waals surface area contributed by atoms with E-state index in [0.717, 1.165) is 12.3 Å². The molecule has 1 unspecified atom stereocenters. The Kier molecular flexibility index (Phi) is 8.02. The number of carboxylic acid groups (broad SMARTS) is 1. The van der Waals surface area contributed by atoms with Gasteiger partial charge in [-0.3, -0.25) is 4.72 Å². The van der Waals surface area contributed by atoms with Crippen molar-refractivity contribution >= 4 is 27.3 Å². The molecular weight excluding hydrogens is 505 g/mol. The predicted octanol–water partition coefficient (Wildman–Crippen LogP) is 7.15. The highest BCUT2D eigenvalue weighted by Gasteiger charge is 2.32. The molecule has 0 amide bonds. The molecule has 2 aromatic rings. The molecule has 1 atom stereocenters. The van der Waals surface area contributed by atoms with Crippen molar-refractivity contribution in [2.45, 2.75) is 57.8 Å². The lowest BCUT2D eigenvalue weighted by atomic mass is 9.66. The Morgan fingerprint density at radius 1 is 1.11 bits per heavy atom. The highest BCUT2D eigenvalue weighted by Crippen LogP contribution is 2.44. The Labute approximate surface area is 224 Å². The number of carbonyl (C=O) groups is 1. The maximum atomic E-state index is 15.6. The summed E-state index contributed by atoms with van der Waals surface area (Å²) >= 11 is 0. The fourth-order valence-corrected chi connectivity index (χ4v) is 6.82. The molecule has 6 nitrogen and oxygen atoms in total. The molecule has 2 aliphatic carbocycles. The van der Waals surface area contributed by atoms with E-state index in [1.165, 1.54) is 63.1 Å². The number of benzene rings is 2. The molecule has 0 saturated heterocycles. The fourth-order valence-electron chi connectivity index (χ4n) is 5.65.